The summed E-state index contributed by atoms with van der Waals surface area (Å²) in [6.45, 7) is 4.65. The summed E-state index contributed by atoms with van der Waals surface area (Å²) in [4.78, 5) is 30.3. The van der Waals surface area contributed by atoms with Crippen molar-refractivity contribution in [3.05, 3.63) is 79.2 Å². The van der Waals surface area contributed by atoms with E-state index in [1.54, 1.807) is 22.7 Å². The molecule has 3 nitrogen and oxygen atoms in total. The smallest absolute Gasteiger partial charge is 0.223 e. The maximum Gasteiger partial charge on any atom is 0.223 e. The summed E-state index contributed by atoms with van der Waals surface area (Å²) in [5.41, 5.74) is 4.02. The Hall–Kier alpha value is -2.24. The number of ketones is 1. The van der Waals surface area contributed by atoms with Crippen LogP contribution in [-0.4, -0.2) is 23.1 Å². The van der Waals surface area contributed by atoms with E-state index >= 15 is 0 Å². The summed E-state index contributed by atoms with van der Waals surface area (Å²) in [5.74, 6) is 0.115. The van der Waals surface area contributed by atoms with Crippen molar-refractivity contribution >= 4 is 34.4 Å². The van der Waals surface area contributed by atoms with E-state index in [1.807, 2.05) is 43.0 Å². The standard InChI is InChI=1S/C23H23NO2S2/c1-15-5-6-16(2)18(14-15)19(25)7-8-22(26)24-11-9-20-17(10-13-28-20)23(24)21-4-3-12-27-21/h3-6,10,12-14,23H,7-9,11H2,1-2H3. The molecular weight excluding hydrogens is 386 g/mol. The molecule has 0 bridgehead atoms. The summed E-state index contributed by atoms with van der Waals surface area (Å²) in [6, 6.07) is 12.2. The van der Waals surface area contributed by atoms with Crippen molar-refractivity contribution in [1.29, 1.82) is 0 Å². The molecule has 0 aliphatic carbocycles. The predicted molar refractivity (Wildman–Crippen MR) is 115 cm³/mol. The van der Waals surface area contributed by atoms with E-state index in [-0.39, 0.29) is 30.6 Å². The van der Waals surface area contributed by atoms with Gasteiger partial charge in [0.25, 0.3) is 0 Å². The normalized spacial score (nSPS) is 16.1. The first-order valence-corrected chi connectivity index (χ1v) is 11.3. The zero-order valence-corrected chi connectivity index (χ0v) is 17.7. The van der Waals surface area contributed by atoms with E-state index in [2.05, 4.69) is 22.9 Å². The van der Waals surface area contributed by atoms with Gasteiger partial charge >= 0.3 is 0 Å². The second kappa shape index (κ2) is 8.02. The Labute approximate surface area is 173 Å². The summed E-state index contributed by atoms with van der Waals surface area (Å²) in [5, 5.41) is 4.17. The van der Waals surface area contributed by atoms with Gasteiger partial charge in [-0.3, -0.25) is 9.59 Å². The molecule has 1 unspecified atom stereocenters. The van der Waals surface area contributed by atoms with Crippen molar-refractivity contribution < 1.29 is 9.59 Å². The molecule has 3 heterocycles. The van der Waals surface area contributed by atoms with Crippen LogP contribution in [0.4, 0.5) is 0 Å². The second-order valence-corrected chi connectivity index (χ2v) is 9.28. The summed E-state index contributed by atoms with van der Waals surface area (Å²) in [7, 11) is 0. The first-order chi connectivity index (χ1) is 13.5. The topological polar surface area (TPSA) is 37.4 Å². The molecule has 1 atom stereocenters. The van der Waals surface area contributed by atoms with Crippen LogP contribution in [0.5, 0.6) is 0 Å². The monoisotopic (exact) mass is 409 g/mol. The Bertz CT molecular complexity index is 1000. The van der Waals surface area contributed by atoms with Crippen molar-refractivity contribution in [2.45, 2.75) is 39.2 Å². The van der Waals surface area contributed by atoms with Gasteiger partial charge in [0.15, 0.2) is 5.78 Å². The minimum atomic E-state index is -0.0155. The highest BCUT2D eigenvalue weighted by atomic mass is 32.1. The molecule has 1 aromatic carbocycles. The Morgan fingerprint density at radius 1 is 1.07 bits per heavy atom. The largest absolute Gasteiger partial charge is 0.330 e. The Balaban J connectivity index is 1.51. The predicted octanol–water partition coefficient (Wildman–Crippen LogP) is 5.56. The number of aryl methyl sites for hydroxylation is 2. The van der Waals surface area contributed by atoms with Crippen LogP contribution in [0.1, 0.15) is 55.7 Å². The lowest BCUT2D eigenvalue weighted by molar-refractivity contribution is -0.133. The molecule has 1 aliphatic heterocycles. The average Bonchev–Trinajstić information content (AvgIpc) is 3.38. The molecule has 1 amide bonds. The highest BCUT2D eigenvalue weighted by Crippen LogP contribution is 2.39. The molecule has 144 valence electrons. The SMILES string of the molecule is Cc1ccc(C)c(C(=O)CCC(=O)N2CCc3sccc3C2c2cccs2)c1. The maximum atomic E-state index is 13.1. The third-order valence-electron chi connectivity index (χ3n) is 5.36. The third kappa shape index (κ3) is 3.69. The van der Waals surface area contributed by atoms with E-state index in [4.69, 9.17) is 0 Å². The van der Waals surface area contributed by atoms with E-state index < -0.39 is 0 Å². The van der Waals surface area contributed by atoms with Gasteiger partial charge in [-0.15, -0.1) is 22.7 Å². The number of carbonyl (C=O) groups is 2. The Kier molecular flexibility index (Phi) is 5.47. The number of hydrogen-bond donors (Lipinski definition) is 0. The Morgan fingerprint density at radius 2 is 1.93 bits per heavy atom. The lowest BCUT2D eigenvalue weighted by Gasteiger charge is -2.35. The summed E-state index contributed by atoms with van der Waals surface area (Å²) < 4.78 is 0. The highest BCUT2D eigenvalue weighted by Gasteiger charge is 2.33. The van der Waals surface area contributed by atoms with Gasteiger partial charge in [-0.2, -0.15) is 0 Å². The molecule has 1 aliphatic rings. The molecule has 0 N–H and O–H groups in total. The van der Waals surface area contributed by atoms with Gasteiger partial charge in [-0.05, 0) is 60.4 Å². The number of nitrogens with zero attached hydrogens (tertiary/aromatic N) is 1. The van der Waals surface area contributed by atoms with E-state index in [0.29, 0.717) is 6.54 Å². The summed E-state index contributed by atoms with van der Waals surface area (Å²) >= 11 is 3.46. The molecule has 5 heteroatoms. The number of Topliss-reactive ketones (excluding diaryl/α,β-unsaturated/α-hetero) is 1. The second-order valence-electron chi connectivity index (χ2n) is 7.30. The molecule has 4 rings (SSSR count). The molecule has 0 spiro atoms. The van der Waals surface area contributed by atoms with Crippen molar-refractivity contribution in [1.82, 2.24) is 4.90 Å². The molecular formula is C23H23NO2S2. The third-order valence-corrected chi connectivity index (χ3v) is 7.28. The van der Waals surface area contributed by atoms with Gasteiger partial charge < -0.3 is 4.90 Å². The van der Waals surface area contributed by atoms with Gasteiger partial charge in [-0.25, -0.2) is 0 Å². The lowest BCUT2D eigenvalue weighted by atomic mass is 9.96. The summed E-state index contributed by atoms with van der Waals surface area (Å²) in [6.07, 6.45) is 1.41. The Morgan fingerprint density at radius 3 is 2.71 bits per heavy atom. The molecule has 28 heavy (non-hydrogen) atoms. The van der Waals surface area contributed by atoms with Crippen LogP contribution in [0, 0.1) is 13.8 Å². The van der Waals surface area contributed by atoms with Crippen LogP contribution < -0.4 is 0 Å². The molecule has 0 fully saturated rings. The molecule has 0 saturated carbocycles. The lowest BCUT2D eigenvalue weighted by Crippen LogP contribution is -2.39. The minimum Gasteiger partial charge on any atom is -0.330 e. The number of benzene rings is 1. The fourth-order valence-electron chi connectivity index (χ4n) is 3.87. The molecule has 0 saturated heterocycles. The van der Waals surface area contributed by atoms with Crippen molar-refractivity contribution in [3.8, 4) is 0 Å². The van der Waals surface area contributed by atoms with Gasteiger partial charge in [0, 0.05) is 34.7 Å². The zero-order valence-electron chi connectivity index (χ0n) is 16.1. The molecule has 3 aromatic rings. The number of rotatable bonds is 5. The fraction of sp³-hybridized carbons (Fsp3) is 0.304. The number of amides is 1. The van der Waals surface area contributed by atoms with E-state index in [9.17, 15) is 9.59 Å². The van der Waals surface area contributed by atoms with Gasteiger partial charge in [0.1, 0.15) is 0 Å². The first kappa shape index (κ1) is 19.1. The number of carbonyl (C=O) groups excluding carboxylic acids is 2. The van der Waals surface area contributed by atoms with Gasteiger partial charge in [0.2, 0.25) is 5.91 Å². The highest BCUT2D eigenvalue weighted by molar-refractivity contribution is 7.10. The van der Waals surface area contributed by atoms with Crippen molar-refractivity contribution in [2.75, 3.05) is 6.54 Å². The quantitative estimate of drug-likeness (QED) is 0.517. The van der Waals surface area contributed by atoms with Crippen LogP contribution in [0.2, 0.25) is 0 Å². The number of hydrogen-bond acceptors (Lipinski definition) is 4. The van der Waals surface area contributed by atoms with Crippen LogP contribution in [0.25, 0.3) is 0 Å². The molecule has 0 radical (unpaired) electrons. The van der Waals surface area contributed by atoms with Crippen LogP contribution in [0.15, 0.2) is 47.2 Å². The van der Waals surface area contributed by atoms with E-state index in [1.165, 1.54) is 15.3 Å². The van der Waals surface area contributed by atoms with Crippen LogP contribution >= 0.6 is 22.7 Å². The van der Waals surface area contributed by atoms with Crippen LogP contribution in [0.3, 0.4) is 0 Å². The fourth-order valence-corrected chi connectivity index (χ4v) is 5.63. The number of thiophene rings is 2. The number of fused-ring (bicyclic) bond motifs is 1. The van der Waals surface area contributed by atoms with Gasteiger partial charge in [-0.1, -0.05) is 23.8 Å². The van der Waals surface area contributed by atoms with Crippen LogP contribution in [-0.2, 0) is 11.2 Å². The first-order valence-electron chi connectivity index (χ1n) is 9.54. The van der Waals surface area contributed by atoms with E-state index in [0.717, 1.165) is 23.1 Å². The zero-order chi connectivity index (χ0) is 19.7. The average molecular weight is 410 g/mol. The maximum absolute atomic E-state index is 13.1. The van der Waals surface area contributed by atoms with Gasteiger partial charge in [0.05, 0.1) is 6.04 Å². The van der Waals surface area contributed by atoms with Crippen molar-refractivity contribution in [2.24, 2.45) is 0 Å². The van der Waals surface area contributed by atoms with Crippen molar-refractivity contribution in [3.63, 3.8) is 0 Å². The minimum absolute atomic E-state index is 0.0155. The molecule has 2 aromatic heterocycles.